The van der Waals surface area contributed by atoms with Crippen LogP contribution in [0.25, 0.3) is 0 Å². The lowest BCUT2D eigenvalue weighted by Crippen LogP contribution is -2.50. The lowest BCUT2D eigenvalue weighted by atomic mass is 9.77. The monoisotopic (exact) mass is 460 g/mol. The molecule has 3 aliphatic rings. The van der Waals surface area contributed by atoms with Crippen LogP contribution in [0.3, 0.4) is 0 Å². The predicted octanol–water partition coefficient (Wildman–Crippen LogP) is 2.93. The number of benzene rings is 1. The quantitative estimate of drug-likeness (QED) is 0.602. The highest BCUT2D eigenvalue weighted by Crippen LogP contribution is 2.40. The van der Waals surface area contributed by atoms with Crippen LogP contribution >= 0.6 is 12.4 Å². The summed E-state index contributed by atoms with van der Waals surface area (Å²) >= 11 is 0. The Morgan fingerprint density at radius 2 is 1.84 bits per heavy atom. The van der Waals surface area contributed by atoms with Gasteiger partial charge in [-0.05, 0) is 56.3 Å². The van der Waals surface area contributed by atoms with E-state index in [0.717, 1.165) is 0 Å². The largest absolute Gasteiger partial charge is 0.374 e. The summed E-state index contributed by atoms with van der Waals surface area (Å²) in [6, 6.07) is 4.12. The highest BCUT2D eigenvalue weighted by molar-refractivity contribution is 6.01. The Labute approximate surface area is 185 Å². The van der Waals surface area contributed by atoms with E-state index in [1.807, 2.05) is 4.90 Å². The number of carbonyl (C=O) groups excluding carboxylic acids is 2. The minimum absolute atomic E-state index is 0. The lowest BCUT2D eigenvalue weighted by molar-refractivity contribution is -0.133. The summed E-state index contributed by atoms with van der Waals surface area (Å²) in [5.41, 5.74) is 0.911. The van der Waals surface area contributed by atoms with Crippen LogP contribution in [-0.4, -0.2) is 50.0 Å². The van der Waals surface area contributed by atoms with Gasteiger partial charge in [-0.1, -0.05) is 0 Å². The first-order valence-electron chi connectivity index (χ1n) is 10.6. The second-order valence-electron chi connectivity index (χ2n) is 8.47. The fourth-order valence-electron chi connectivity index (χ4n) is 4.86. The number of hydrogen-bond donors (Lipinski definition) is 3. The predicted molar refractivity (Wildman–Crippen MR) is 114 cm³/mol. The van der Waals surface area contributed by atoms with Crippen molar-refractivity contribution in [1.82, 2.24) is 10.6 Å². The van der Waals surface area contributed by atoms with Crippen LogP contribution in [0.5, 0.6) is 0 Å². The summed E-state index contributed by atoms with van der Waals surface area (Å²) in [5, 5.41) is 8.00. The van der Waals surface area contributed by atoms with Gasteiger partial charge in [-0.2, -0.15) is 0 Å². The van der Waals surface area contributed by atoms with Crippen LogP contribution in [0.4, 0.5) is 24.5 Å². The number of anilines is 2. The first kappa shape index (κ1) is 23.7. The van der Waals surface area contributed by atoms with Gasteiger partial charge in [0.25, 0.3) is 5.92 Å². The van der Waals surface area contributed by atoms with Gasteiger partial charge in [-0.25, -0.2) is 13.2 Å². The summed E-state index contributed by atoms with van der Waals surface area (Å²) in [6.45, 7) is 1.45. The molecular weight excluding hydrogens is 433 g/mol. The number of imide groups is 1. The van der Waals surface area contributed by atoms with Crippen LogP contribution in [0.2, 0.25) is 0 Å². The number of nitrogens with zero attached hydrogens (tertiary/aromatic N) is 1. The summed E-state index contributed by atoms with van der Waals surface area (Å²) in [7, 11) is 0. The van der Waals surface area contributed by atoms with Gasteiger partial charge in [0.15, 0.2) is 0 Å². The maximum atomic E-state index is 14.8. The molecule has 6 nitrogen and oxygen atoms in total. The normalized spacial score (nSPS) is 26.7. The van der Waals surface area contributed by atoms with Crippen LogP contribution < -0.4 is 20.9 Å². The van der Waals surface area contributed by atoms with Crippen molar-refractivity contribution in [3.63, 3.8) is 0 Å². The zero-order valence-corrected chi connectivity index (χ0v) is 18.0. The van der Waals surface area contributed by atoms with Gasteiger partial charge in [0.05, 0.1) is 12.2 Å². The minimum atomic E-state index is -2.68. The van der Waals surface area contributed by atoms with E-state index in [1.165, 1.54) is 6.07 Å². The molecule has 0 bridgehead atoms. The Bertz CT molecular complexity index is 818. The standard InChI is InChI=1S/C21H27F3N4O2.ClH/c22-16-11-14(26-17-2-4-19(29)27-20(17)30)1-3-18(16)28-9-6-13(7-10-28)15-5-8-25-12-21(15,23)24;/h1,3,11,13,15,17,25-26H,2,4-10,12H2,(H,27,29,30);1H. The second kappa shape index (κ2) is 9.65. The van der Waals surface area contributed by atoms with Gasteiger partial charge in [0.1, 0.15) is 11.9 Å². The molecule has 3 aliphatic heterocycles. The maximum absolute atomic E-state index is 14.8. The average Bonchev–Trinajstić information content (AvgIpc) is 2.70. The summed E-state index contributed by atoms with van der Waals surface area (Å²) in [6.07, 6.45) is 2.33. The Balaban J connectivity index is 0.00000272. The molecule has 2 amide bonds. The Kier molecular flexibility index (Phi) is 7.36. The second-order valence-corrected chi connectivity index (χ2v) is 8.47. The van der Waals surface area contributed by atoms with E-state index in [2.05, 4.69) is 16.0 Å². The highest BCUT2D eigenvalue weighted by Gasteiger charge is 2.46. The van der Waals surface area contributed by atoms with Crippen molar-refractivity contribution in [2.75, 3.05) is 36.4 Å². The lowest BCUT2D eigenvalue weighted by Gasteiger charge is -2.42. The van der Waals surface area contributed by atoms with E-state index in [0.29, 0.717) is 56.7 Å². The van der Waals surface area contributed by atoms with E-state index in [9.17, 15) is 22.8 Å². The molecule has 3 N–H and O–H groups in total. The number of alkyl halides is 2. The topological polar surface area (TPSA) is 73.5 Å². The molecule has 2 atom stereocenters. The zero-order valence-electron chi connectivity index (χ0n) is 17.1. The first-order valence-corrected chi connectivity index (χ1v) is 10.6. The van der Waals surface area contributed by atoms with Crippen LogP contribution in [0.15, 0.2) is 18.2 Å². The number of piperidine rings is 3. The van der Waals surface area contributed by atoms with Crippen molar-refractivity contribution < 1.29 is 22.8 Å². The van der Waals surface area contributed by atoms with Crippen molar-refractivity contribution in [2.24, 2.45) is 11.8 Å². The van der Waals surface area contributed by atoms with Crippen molar-refractivity contribution in [2.45, 2.75) is 44.1 Å². The van der Waals surface area contributed by atoms with Crippen molar-refractivity contribution in [3.8, 4) is 0 Å². The summed E-state index contributed by atoms with van der Waals surface area (Å²) < 4.78 is 43.2. The van der Waals surface area contributed by atoms with Crippen LogP contribution in [0.1, 0.15) is 32.1 Å². The smallest absolute Gasteiger partial charge is 0.263 e. The minimum Gasteiger partial charge on any atom is -0.374 e. The number of carbonyl (C=O) groups is 2. The SMILES string of the molecule is Cl.O=C1CCC(Nc2ccc(N3CCC(C4CCNCC4(F)F)CC3)c(F)c2)C(=O)N1. The molecule has 3 fully saturated rings. The van der Waals surface area contributed by atoms with E-state index >= 15 is 0 Å². The van der Waals surface area contributed by atoms with Crippen LogP contribution in [-0.2, 0) is 9.59 Å². The van der Waals surface area contributed by atoms with Crippen molar-refractivity contribution in [3.05, 3.63) is 24.0 Å². The van der Waals surface area contributed by atoms with Crippen LogP contribution in [0, 0.1) is 17.7 Å². The van der Waals surface area contributed by atoms with Gasteiger partial charge in [-0.3, -0.25) is 14.9 Å². The number of rotatable bonds is 4. The number of amides is 2. The molecule has 3 heterocycles. The van der Waals surface area contributed by atoms with Gasteiger partial charge < -0.3 is 15.5 Å². The molecule has 1 aromatic carbocycles. The summed E-state index contributed by atoms with van der Waals surface area (Å²) in [4.78, 5) is 25.0. The molecule has 0 aliphatic carbocycles. The molecule has 4 rings (SSSR count). The van der Waals surface area contributed by atoms with E-state index in [1.54, 1.807) is 12.1 Å². The molecular formula is C21H28ClF3N4O2. The molecule has 0 radical (unpaired) electrons. The average molecular weight is 461 g/mol. The molecule has 0 saturated carbocycles. The highest BCUT2D eigenvalue weighted by atomic mass is 35.5. The number of halogens is 4. The molecule has 172 valence electrons. The third kappa shape index (κ3) is 5.26. The number of nitrogens with one attached hydrogen (secondary N) is 3. The van der Waals surface area contributed by atoms with Crippen molar-refractivity contribution >= 4 is 35.6 Å². The Morgan fingerprint density at radius 1 is 1.10 bits per heavy atom. The molecule has 10 heteroatoms. The zero-order chi connectivity index (χ0) is 21.3. The van der Waals surface area contributed by atoms with Crippen molar-refractivity contribution in [1.29, 1.82) is 0 Å². The first-order chi connectivity index (χ1) is 14.3. The fourth-order valence-corrected chi connectivity index (χ4v) is 4.86. The Hall–Kier alpha value is -2.00. The molecule has 3 saturated heterocycles. The van der Waals surface area contributed by atoms with E-state index in [-0.39, 0.29) is 37.2 Å². The third-order valence-electron chi connectivity index (χ3n) is 6.51. The summed E-state index contributed by atoms with van der Waals surface area (Å²) in [5.74, 6) is -4.46. The molecule has 0 aromatic heterocycles. The van der Waals surface area contributed by atoms with Gasteiger partial charge in [-0.15, -0.1) is 12.4 Å². The van der Waals surface area contributed by atoms with E-state index in [4.69, 9.17) is 0 Å². The Morgan fingerprint density at radius 3 is 2.48 bits per heavy atom. The molecule has 31 heavy (non-hydrogen) atoms. The maximum Gasteiger partial charge on any atom is 0.263 e. The molecule has 1 aromatic rings. The fraction of sp³-hybridized carbons (Fsp3) is 0.619. The number of hydrogen-bond acceptors (Lipinski definition) is 5. The third-order valence-corrected chi connectivity index (χ3v) is 6.51. The molecule has 0 spiro atoms. The molecule has 2 unspecified atom stereocenters. The van der Waals surface area contributed by atoms with Gasteiger partial charge in [0.2, 0.25) is 11.8 Å². The van der Waals surface area contributed by atoms with Gasteiger partial charge in [0, 0.05) is 31.1 Å². The van der Waals surface area contributed by atoms with E-state index < -0.39 is 29.6 Å². The van der Waals surface area contributed by atoms with Gasteiger partial charge >= 0.3 is 0 Å².